The lowest BCUT2D eigenvalue weighted by Crippen LogP contribution is -2.27. The molecule has 0 bridgehead atoms. The molecular formula is C25H26ClN5O. The first-order valence-corrected chi connectivity index (χ1v) is 11.0. The van der Waals surface area contributed by atoms with E-state index in [0.29, 0.717) is 11.6 Å². The maximum Gasteiger partial charge on any atom is 0.224 e. The van der Waals surface area contributed by atoms with Crippen molar-refractivity contribution in [3.63, 3.8) is 0 Å². The Kier molecular flexibility index (Phi) is 6.71. The lowest BCUT2D eigenvalue weighted by Gasteiger charge is -2.07. The zero-order chi connectivity index (χ0) is 22.5. The Bertz CT molecular complexity index is 1200. The highest BCUT2D eigenvalue weighted by molar-refractivity contribution is 6.30. The number of nitrogens with zero attached hydrogens (tertiary/aromatic N) is 4. The molecule has 6 nitrogen and oxygen atoms in total. The van der Waals surface area contributed by atoms with E-state index in [4.69, 9.17) is 16.7 Å². The van der Waals surface area contributed by atoms with Crippen LogP contribution in [0.15, 0.2) is 66.9 Å². The van der Waals surface area contributed by atoms with Gasteiger partial charge in [-0.2, -0.15) is 10.2 Å². The highest BCUT2D eigenvalue weighted by atomic mass is 35.5. The molecule has 32 heavy (non-hydrogen) atoms. The van der Waals surface area contributed by atoms with Crippen LogP contribution in [0.2, 0.25) is 5.02 Å². The van der Waals surface area contributed by atoms with Gasteiger partial charge in [0.25, 0.3) is 0 Å². The molecule has 0 radical (unpaired) electrons. The van der Waals surface area contributed by atoms with Crippen LogP contribution < -0.4 is 5.32 Å². The molecule has 7 heteroatoms. The number of carbonyl (C=O) groups excluding carboxylic acids is 1. The number of benzene rings is 2. The second kappa shape index (κ2) is 9.83. The van der Waals surface area contributed by atoms with Crippen LogP contribution in [0.3, 0.4) is 0 Å². The van der Waals surface area contributed by atoms with Crippen LogP contribution in [0.4, 0.5) is 0 Å². The van der Waals surface area contributed by atoms with Gasteiger partial charge in [0.2, 0.25) is 5.91 Å². The fraction of sp³-hybridized carbons (Fsp3) is 0.240. The number of aromatic nitrogens is 4. The third kappa shape index (κ3) is 5.26. The maximum atomic E-state index is 12.7. The van der Waals surface area contributed by atoms with Gasteiger partial charge in [0.05, 0.1) is 23.5 Å². The van der Waals surface area contributed by atoms with E-state index in [1.165, 1.54) is 0 Å². The number of halogens is 1. The first-order chi connectivity index (χ1) is 15.5. The molecule has 0 spiro atoms. The standard InChI is InChI=1S/C25H26ClN5O/c1-18-15-19(2)30(28-18)14-6-13-27-24(32)16-21-17-31(23-7-4-3-5-8-23)29-25(21)20-9-11-22(26)12-10-20/h3-5,7-12,15,17H,6,13-14,16H2,1-2H3,(H,27,32). The summed E-state index contributed by atoms with van der Waals surface area (Å²) in [7, 11) is 0. The van der Waals surface area contributed by atoms with Gasteiger partial charge in [0, 0.05) is 41.1 Å². The van der Waals surface area contributed by atoms with E-state index in [2.05, 4.69) is 16.5 Å². The van der Waals surface area contributed by atoms with Gasteiger partial charge in [-0.1, -0.05) is 41.9 Å². The molecule has 0 aliphatic carbocycles. The molecule has 1 amide bonds. The topological polar surface area (TPSA) is 64.7 Å². The molecule has 164 valence electrons. The van der Waals surface area contributed by atoms with Gasteiger partial charge in [0.1, 0.15) is 0 Å². The third-order valence-electron chi connectivity index (χ3n) is 5.25. The highest BCUT2D eigenvalue weighted by Crippen LogP contribution is 2.25. The Balaban J connectivity index is 1.45. The number of amides is 1. The van der Waals surface area contributed by atoms with Crippen molar-refractivity contribution in [2.24, 2.45) is 0 Å². The monoisotopic (exact) mass is 447 g/mol. The minimum absolute atomic E-state index is 0.0267. The van der Waals surface area contributed by atoms with Gasteiger partial charge >= 0.3 is 0 Å². The van der Waals surface area contributed by atoms with Gasteiger partial charge in [-0.05, 0) is 50.6 Å². The molecule has 0 aliphatic rings. The van der Waals surface area contributed by atoms with E-state index < -0.39 is 0 Å². The highest BCUT2D eigenvalue weighted by Gasteiger charge is 2.15. The third-order valence-corrected chi connectivity index (χ3v) is 5.50. The van der Waals surface area contributed by atoms with Crippen molar-refractivity contribution in [2.45, 2.75) is 33.2 Å². The molecule has 2 aromatic carbocycles. The summed E-state index contributed by atoms with van der Waals surface area (Å²) in [5.41, 5.74) is 5.66. The van der Waals surface area contributed by atoms with Crippen LogP contribution in [0.5, 0.6) is 0 Å². The Morgan fingerprint density at radius 2 is 1.78 bits per heavy atom. The Morgan fingerprint density at radius 1 is 1.03 bits per heavy atom. The van der Waals surface area contributed by atoms with Crippen LogP contribution in [-0.2, 0) is 17.8 Å². The largest absolute Gasteiger partial charge is 0.356 e. The molecule has 2 aromatic heterocycles. The fourth-order valence-corrected chi connectivity index (χ4v) is 3.82. The van der Waals surface area contributed by atoms with E-state index >= 15 is 0 Å². The average molecular weight is 448 g/mol. The van der Waals surface area contributed by atoms with Gasteiger partial charge in [-0.15, -0.1) is 0 Å². The van der Waals surface area contributed by atoms with Crippen molar-refractivity contribution in [3.05, 3.63) is 88.8 Å². The van der Waals surface area contributed by atoms with Crippen LogP contribution in [0, 0.1) is 13.8 Å². The van der Waals surface area contributed by atoms with Crippen LogP contribution in [0.1, 0.15) is 23.4 Å². The molecule has 2 heterocycles. The predicted molar refractivity (Wildman–Crippen MR) is 127 cm³/mol. The predicted octanol–water partition coefficient (Wildman–Crippen LogP) is 4.76. The molecule has 1 N–H and O–H groups in total. The molecule has 0 saturated heterocycles. The quantitative estimate of drug-likeness (QED) is 0.396. The summed E-state index contributed by atoms with van der Waals surface area (Å²) in [4.78, 5) is 12.7. The average Bonchev–Trinajstić information content (AvgIpc) is 3.34. The van der Waals surface area contributed by atoms with E-state index in [1.807, 2.05) is 84.0 Å². The lowest BCUT2D eigenvalue weighted by molar-refractivity contribution is -0.120. The molecule has 0 fully saturated rings. The summed E-state index contributed by atoms with van der Waals surface area (Å²) in [6.07, 6.45) is 3.00. The van der Waals surface area contributed by atoms with Crippen molar-refractivity contribution in [2.75, 3.05) is 6.54 Å². The second-order valence-electron chi connectivity index (χ2n) is 7.82. The molecule has 0 unspecified atom stereocenters. The summed E-state index contributed by atoms with van der Waals surface area (Å²) in [5.74, 6) is -0.0267. The molecular weight excluding hydrogens is 422 g/mol. The molecule has 0 aliphatic heterocycles. The molecule has 4 aromatic rings. The summed E-state index contributed by atoms with van der Waals surface area (Å²) in [6.45, 7) is 5.41. The van der Waals surface area contributed by atoms with Crippen LogP contribution >= 0.6 is 11.6 Å². The van der Waals surface area contributed by atoms with Crippen LogP contribution in [0.25, 0.3) is 16.9 Å². The SMILES string of the molecule is Cc1cc(C)n(CCCNC(=O)Cc2cn(-c3ccccc3)nc2-c2ccc(Cl)cc2)n1. The summed E-state index contributed by atoms with van der Waals surface area (Å²) >= 11 is 6.05. The van der Waals surface area contributed by atoms with E-state index in [9.17, 15) is 4.79 Å². The zero-order valence-corrected chi connectivity index (χ0v) is 19.0. The minimum atomic E-state index is -0.0267. The van der Waals surface area contributed by atoms with Crippen molar-refractivity contribution in [3.8, 4) is 16.9 Å². The number of carbonyl (C=O) groups is 1. The van der Waals surface area contributed by atoms with Gasteiger partial charge in [0.15, 0.2) is 0 Å². The number of rotatable bonds is 8. The van der Waals surface area contributed by atoms with Crippen molar-refractivity contribution < 1.29 is 4.79 Å². The van der Waals surface area contributed by atoms with Gasteiger partial charge in [-0.3, -0.25) is 9.48 Å². The smallest absolute Gasteiger partial charge is 0.224 e. The number of hydrogen-bond acceptors (Lipinski definition) is 3. The summed E-state index contributed by atoms with van der Waals surface area (Å²) < 4.78 is 3.79. The van der Waals surface area contributed by atoms with E-state index in [1.54, 1.807) is 0 Å². The number of hydrogen-bond donors (Lipinski definition) is 1. The first-order valence-electron chi connectivity index (χ1n) is 10.7. The van der Waals surface area contributed by atoms with Crippen molar-refractivity contribution in [1.29, 1.82) is 0 Å². The van der Waals surface area contributed by atoms with Gasteiger partial charge in [-0.25, -0.2) is 4.68 Å². The summed E-state index contributed by atoms with van der Waals surface area (Å²) in [5, 5.41) is 12.9. The first kappa shape index (κ1) is 21.8. The number of nitrogens with one attached hydrogen (secondary N) is 1. The molecule has 0 saturated carbocycles. The summed E-state index contributed by atoms with van der Waals surface area (Å²) in [6, 6.07) is 19.5. The van der Waals surface area contributed by atoms with Crippen LogP contribution in [-0.4, -0.2) is 32.0 Å². The number of aryl methyl sites for hydroxylation is 3. The Morgan fingerprint density at radius 3 is 2.47 bits per heavy atom. The molecule has 4 rings (SSSR count). The zero-order valence-electron chi connectivity index (χ0n) is 18.3. The van der Waals surface area contributed by atoms with E-state index in [0.717, 1.165) is 46.9 Å². The maximum absolute atomic E-state index is 12.7. The number of para-hydroxylation sites is 1. The van der Waals surface area contributed by atoms with Crippen molar-refractivity contribution >= 4 is 17.5 Å². The lowest BCUT2D eigenvalue weighted by atomic mass is 10.1. The molecule has 0 atom stereocenters. The normalized spacial score (nSPS) is 11.0. The Labute approximate surface area is 192 Å². The van der Waals surface area contributed by atoms with E-state index in [-0.39, 0.29) is 12.3 Å². The fourth-order valence-electron chi connectivity index (χ4n) is 3.70. The minimum Gasteiger partial charge on any atom is -0.356 e. The second-order valence-corrected chi connectivity index (χ2v) is 8.26. The Hall–Kier alpha value is -3.38. The van der Waals surface area contributed by atoms with Crippen molar-refractivity contribution in [1.82, 2.24) is 24.9 Å². The van der Waals surface area contributed by atoms with Gasteiger partial charge < -0.3 is 5.32 Å².